The molecule has 1 heterocycles. The molecule has 0 aliphatic heterocycles. The lowest BCUT2D eigenvalue weighted by molar-refractivity contribution is 0.766. The van der Waals surface area contributed by atoms with E-state index in [1.54, 1.807) is 0 Å². The van der Waals surface area contributed by atoms with Crippen molar-refractivity contribution in [1.29, 1.82) is 0 Å². The second-order valence-electron chi connectivity index (χ2n) is 3.82. The lowest BCUT2D eigenvalue weighted by atomic mass is 10.2. The Kier molecular flexibility index (Phi) is 4.53. The fourth-order valence-corrected chi connectivity index (χ4v) is 1.48. The standard InChI is InChI=1S/C12H21N3/c1-5-7-8-11-12(13-6-2)15-10(4)9(3)14-11/h5-8H2,1-4H3,(H,13,15). The first-order valence-electron chi connectivity index (χ1n) is 5.77. The summed E-state index contributed by atoms with van der Waals surface area (Å²) in [7, 11) is 0. The Morgan fingerprint density at radius 1 is 1.07 bits per heavy atom. The van der Waals surface area contributed by atoms with Gasteiger partial charge in [0.2, 0.25) is 0 Å². The van der Waals surface area contributed by atoms with Crippen molar-refractivity contribution in [2.75, 3.05) is 11.9 Å². The average Bonchev–Trinajstić information content (AvgIpc) is 2.21. The Morgan fingerprint density at radius 3 is 2.33 bits per heavy atom. The van der Waals surface area contributed by atoms with Crippen LogP contribution in [0.4, 0.5) is 5.82 Å². The third-order valence-electron chi connectivity index (χ3n) is 2.49. The number of rotatable bonds is 5. The molecule has 1 rings (SSSR count). The molecule has 0 spiro atoms. The van der Waals surface area contributed by atoms with Gasteiger partial charge in [-0.05, 0) is 33.6 Å². The van der Waals surface area contributed by atoms with Gasteiger partial charge in [-0.1, -0.05) is 13.3 Å². The largest absolute Gasteiger partial charge is 0.369 e. The lowest BCUT2D eigenvalue weighted by Gasteiger charge is -2.11. The molecule has 1 aromatic rings. The number of nitrogens with zero attached hydrogens (tertiary/aromatic N) is 2. The molecule has 0 aliphatic rings. The van der Waals surface area contributed by atoms with Crippen molar-refractivity contribution in [3.63, 3.8) is 0 Å². The molecular weight excluding hydrogens is 186 g/mol. The van der Waals surface area contributed by atoms with Gasteiger partial charge in [-0.3, -0.25) is 4.98 Å². The van der Waals surface area contributed by atoms with Crippen LogP contribution in [-0.4, -0.2) is 16.5 Å². The van der Waals surface area contributed by atoms with Crippen molar-refractivity contribution in [3.05, 3.63) is 17.1 Å². The van der Waals surface area contributed by atoms with E-state index in [1.165, 1.54) is 12.8 Å². The molecule has 3 nitrogen and oxygen atoms in total. The summed E-state index contributed by atoms with van der Waals surface area (Å²) in [6.45, 7) is 9.21. The molecular formula is C12H21N3. The summed E-state index contributed by atoms with van der Waals surface area (Å²) in [4.78, 5) is 9.15. The van der Waals surface area contributed by atoms with Gasteiger partial charge in [0.05, 0.1) is 17.1 Å². The fourth-order valence-electron chi connectivity index (χ4n) is 1.48. The zero-order valence-electron chi connectivity index (χ0n) is 10.2. The molecule has 0 aromatic carbocycles. The topological polar surface area (TPSA) is 37.8 Å². The molecule has 1 aromatic heterocycles. The van der Waals surface area contributed by atoms with Crippen LogP contribution in [0.15, 0.2) is 0 Å². The highest BCUT2D eigenvalue weighted by Gasteiger charge is 2.07. The first-order chi connectivity index (χ1) is 7.19. The molecule has 0 saturated carbocycles. The molecule has 15 heavy (non-hydrogen) atoms. The van der Waals surface area contributed by atoms with E-state index in [9.17, 15) is 0 Å². The summed E-state index contributed by atoms with van der Waals surface area (Å²) in [5, 5.41) is 3.28. The van der Waals surface area contributed by atoms with Crippen LogP contribution in [-0.2, 0) is 6.42 Å². The molecule has 0 fully saturated rings. The van der Waals surface area contributed by atoms with Gasteiger partial charge in [0, 0.05) is 6.54 Å². The SMILES string of the molecule is CCCCc1nc(C)c(C)nc1NCC. The van der Waals surface area contributed by atoms with Gasteiger partial charge in [0.1, 0.15) is 5.82 Å². The van der Waals surface area contributed by atoms with E-state index in [0.29, 0.717) is 0 Å². The van der Waals surface area contributed by atoms with Crippen molar-refractivity contribution in [1.82, 2.24) is 9.97 Å². The molecule has 1 N–H and O–H groups in total. The summed E-state index contributed by atoms with van der Waals surface area (Å²) in [6.07, 6.45) is 3.39. The van der Waals surface area contributed by atoms with Crippen LogP contribution in [0.5, 0.6) is 0 Å². The quantitative estimate of drug-likeness (QED) is 0.806. The summed E-state index contributed by atoms with van der Waals surface area (Å²) in [5.41, 5.74) is 3.18. The Labute approximate surface area is 92.3 Å². The van der Waals surface area contributed by atoms with E-state index in [0.717, 1.165) is 35.9 Å². The Bertz CT molecular complexity index is 321. The maximum Gasteiger partial charge on any atom is 0.148 e. The van der Waals surface area contributed by atoms with Gasteiger partial charge in [0.15, 0.2) is 0 Å². The average molecular weight is 207 g/mol. The number of aryl methyl sites for hydroxylation is 3. The van der Waals surface area contributed by atoms with E-state index in [-0.39, 0.29) is 0 Å². The van der Waals surface area contributed by atoms with Crippen LogP contribution >= 0.6 is 0 Å². The summed E-state index contributed by atoms with van der Waals surface area (Å²) in [6, 6.07) is 0. The first-order valence-corrected chi connectivity index (χ1v) is 5.77. The van der Waals surface area contributed by atoms with E-state index in [1.807, 2.05) is 13.8 Å². The van der Waals surface area contributed by atoms with E-state index >= 15 is 0 Å². The number of aromatic nitrogens is 2. The Morgan fingerprint density at radius 2 is 1.73 bits per heavy atom. The number of hydrogen-bond acceptors (Lipinski definition) is 3. The van der Waals surface area contributed by atoms with Crippen molar-refractivity contribution in [2.24, 2.45) is 0 Å². The maximum atomic E-state index is 4.60. The molecule has 0 amide bonds. The Balaban J connectivity index is 2.93. The molecule has 0 saturated heterocycles. The van der Waals surface area contributed by atoms with Crippen molar-refractivity contribution >= 4 is 5.82 Å². The van der Waals surface area contributed by atoms with Crippen molar-refractivity contribution < 1.29 is 0 Å². The maximum absolute atomic E-state index is 4.60. The van der Waals surface area contributed by atoms with Gasteiger partial charge >= 0.3 is 0 Å². The van der Waals surface area contributed by atoms with Crippen LogP contribution in [0.1, 0.15) is 43.8 Å². The number of nitrogens with one attached hydrogen (secondary N) is 1. The minimum atomic E-state index is 0.899. The predicted octanol–water partition coefficient (Wildman–Crippen LogP) is 2.87. The summed E-state index contributed by atoms with van der Waals surface area (Å²) >= 11 is 0. The fraction of sp³-hybridized carbons (Fsp3) is 0.667. The summed E-state index contributed by atoms with van der Waals surface area (Å²) < 4.78 is 0. The zero-order chi connectivity index (χ0) is 11.3. The van der Waals surface area contributed by atoms with Crippen molar-refractivity contribution in [2.45, 2.75) is 47.0 Å². The van der Waals surface area contributed by atoms with Crippen LogP contribution in [0.25, 0.3) is 0 Å². The second-order valence-corrected chi connectivity index (χ2v) is 3.82. The molecule has 0 bridgehead atoms. The highest BCUT2D eigenvalue weighted by Crippen LogP contribution is 2.15. The monoisotopic (exact) mass is 207 g/mol. The van der Waals surface area contributed by atoms with E-state index in [2.05, 4.69) is 29.1 Å². The Hall–Kier alpha value is -1.12. The second kappa shape index (κ2) is 5.69. The highest BCUT2D eigenvalue weighted by molar-refractivity contribution is 5.41. The highest BCUT2D eigenvalue weighted by atomic mass is 15.0. The lowest BCUT2D eigenvalue weighted by Crippen LogP contribution is -2.08. The normalized spacial score (nSPS) is 10.4. The smallest absolute Gasteiger partial charge is 0.148 e. The zero-order valence-corrected chi connectivity index (χ0v) is 10.2. The predicted molar refractivity (Wildman–Crippen MR) is 64.3 cm³/mol. The third kappa shape index (κ3) is 3.18. The van der Waals surface area contributed by atoms with E-state index in [4.69, 9.17) is 0 Å². The number of unbranched alkanes of at least 4 members (excludes halogenated alkanes) is 1. The van der Waals surface area contributed by atoms with Crippen molar-refractivity contribution in [3.8, 4) is 0 Å². The molecule has 84 valence electrons. The van der Waals surface area contributed by atoms with Gasteiger partial charge in [-0.25, -0.2) is 4.98 Å². The number of hydrogen-bond donors (Lipinski definition) is 1. The molecule has 3 heteroatoms. The van der Waals surface area contributed by atoms with E-state index < -0.39 is 0 Å². The molecule has 0 aliphatic carbocycles. The molecule has 0 radical (unpaired) electrons. The summed E-state index contributed by atoms with van der Waals surface area (Å²) in [5.74, 6) is 0.967. The molecule has 0 atom stereocenters. The third-order valence-corrected chi connectivity index (χ3v) is 2.49. The van der Waals surface area contributed by atoms with Gasteiger partial charge < -0.3 is 5.32 Å². The minimum Gasteiger partial charge on any atom is -0.369 e. The van der Waals surface area contributed by atoms with Gasteiger partial charge in [-0.2, -0.15) is 0 Å². The van der Waals surface area contributed by atoms with Crippen LogP contribution in [0.3, 0.4) is 0 Å². The van der Waals surface area contributed by atoms with Crippen LogP contribution in [0.2, 0.25) is 0 Å². The number of anilines is 1. The van der Waals surface area contributed by atoms with Crippen LogP contribution in [0, 0.1) is 13.8 Å². The molecule has 0 unspecified atom stereocenters. The first kappa shape index (κ1) is 12.0. The van der Waals surface area contributed by atoms with Gasteiger partial charge in [0.25, 0.3) is 0 Å². The van der Waals surface area contributed by atoms with Gasteiger partial charge in [-0.15, -0.1) is 0 Å². The minimum absolute atomic E-state index is 0.899. The van der Waals surface area contributed by atoms with Crippen LogP contribution < -0.4 is 5.32 Å².